The molecule has 0 saturated carbocycles. The van der Waals surface area contributed by atoms with E-state index >= 15 is 0 Å². The van der Waals surface area contributed by atoms with Crippen molar-refractivity contribution in [2.24, 2.45) is 0 Å². The number of furan rings is 1. The monoisotopic (exact) mass is 504 g/mol. The molecule has 0 aliphatic carbocycles. The Bertz CT molecular complexity index is 1120. The number of carboxylic acid groups (broad SMARTS) is 1. The predicted octanol–water partition coefficient (Wildman–Crippen LogP) is 3.54. The Hall–Kier alpha value is -3.29. The number of alkyl carbamates (subject to hydrolysis) is 1. The summed E-state index contributed by atoms with van der Waals surface area (Å²) in [5, 5.41) is 14.4. The van der Waals surface area contributed by atoms with Crippen LogP contribution in [0.4, 0.5) is 9.59 Å². The molecular weight excluding hydrogens is 479 g/mol. The van der Waals surface area contributed by atoms with E-state index in [-0.39, 0.29) is 20.3 Å². The van der Waals surface area contributed by atoms with Crippen LogP contribution in [-0.2, 0) is 9.53 Å². The summed E-state index contributed by atoms with van der Waals surface area (Å²) < 4.78 is 12.3. The molecule has 0 aliphatic heterocycles. The first-order valence-electron chi connectivity index (χ1n) is 9.87. The summed E-state index contributed by atoms with van der Waals surface area (Å²) in [5.74, 6) is -0.124. The van der Waals surface area contributed by atoms with Crippen LogP contribution in [0.3, 0.4) is 0 Å². The summed E-state index contributed by atoms with van der Waals surface area (Å²) in [7, 11) is 0. The van der Waals surface area contributed by atoms with E-state index < -0.39 is 29.7 Å². The minimum absolute atomic E-state index is 0.203. The van der Waals surface area contributed by atoms with Crippen molar-refractivity contribution in [3.8, 4) is 11.3 Å². The molecular formula is C23H24N2O6Se. The van der Waals surface area contributed by atoms with Crippen molar-refractivity contribution in [2.75, 3.05) is 0 Å². The van der Waals surface area contributed by atoms with Gasteiger partial charge in [-0.3, -0.25) is 0 Å². The van der Waals surface area contributed by atoms with E-state index in [1.807, 2.05) is 59.9 Å². The molecule has 2 aromatic carbocycles. The normalized spacial score (nSPS) is 12.2. The van der Waals surface area contributed by atoms with Gasteiger partial charge in [0.2, 0.25) is 0 Å². The Balaban J connectivity index is 1.88. The van der Waals surface area contributed by atoms with Gasteiger partial charge in [-0.05, 0) is 0 Å². The predicted molar refractivity (Wildman–Crippen MR) is 121 cm³/mol. The number of rotatable bonds is 6. The van der Waals surface area contributed by atoms with E-state index in [9.17, 15) is 14.4 Å². The number of carbonyl (C=O) groups excluding carboxylic acids is 2. The summed E-state index contributed by atoms with van der Waals surface area (Å²) in [5.41, 5.74) is 0.853. The fourth-order valence-electron chi connectivity index (χ4n) is 2.94. The summed E-state index contributed by atoms with van der Waals surface area (Å²) in [4.78, 5) is 35.7. The van der Waals surface area contributed by atoms with Gasteiger partial charge < -0.3 is 0 Å². The maximum atomic E-state index is 12.5. The SMILES string of the molecule is CC(C)(C)OC(=O)N[C@@H](C[Se]c1c(-c2ccccc2)oc2ccccc12)C(=O)NC(=O)O. The molecule has 3 N–H and O–H groups in total. The average Bonchev–Trinajstić information content (AvgIpc) is 3.08. The molecule has 1 heterocycles. The van der Waals surface area contributed by atoms with Crippen molar-refractivity contribution < 1.29 is 28.6 Å². The molecule has 9 heteroatoms. The quantitative estimate of drug-likeness (QED) is 0.443. The van der Waals surface area contributed by atoms with Crippen LogP contribution in [-0.4, -0.2) is 49.8 Å². The maximum absolute atomic E-state index is 12.5. The van der Waals surface area contributed by atoms with E-state index in [0.717, 1.165) is 21.0 Å². The standard InChI is InChI=1S/C23H24N2O6Se/c1-23(2,3)31-22(29)24-16(20(26)25-21(27)28)13-32-19-15-11-7-8-12-17(15)30-18(19)14-9-5-4-6-10-14/h4-12,16H,13H2,1-3H3,(H,24,29)(H,25,26)(H,27,28)/t16-/m0/s1. The second-order valence-corrected chi connectivity index (χ2v) is 10.1. The van der Waals surface area contributed by atoms with Crippen molar-refractivity contribution >= 4 is 48.5 Å². The second-order valence-electron chi connectivity index (χ2n) is 7.93. The molecule has 0 spiro atoms. The number of carbonyl (C=O) groups is 3. The molecule has 8 nitrogen and oxygen atoms in total. The molecule has 168 valence electrons. The average molecular weight is 503 g/mol. The van der Waals surface area contributed by atoms with E-state index in [4.69, 9.17) is 14.3 Å². The topological polar surface area (TPSA) is 118 Å². The zero-order valence-corrected chi connectivity index (χ0v) is 19.6. The molecule has 1 atom stereocenters. The zero-order chi connectivity index (χ0) is 23.3. The van der Waals surface area contributed by atoms with Crippen molar-refractivity contribution in [1.82, 2.24) is 10.6 Å². The number of imide groups is 1. The van der Waals surface area contributed by atoms with Crippen LogP contribution in [0.2, 0.25) is 5.32 Å². The van der Waals surface area contributed by atoms with Gasteiger partial charge in [-0.1, -0.05) is 0 Å². The Morgan fingerprint density at radius 1 is 1.06 bits per heavy atom. The molecule has 3 amide bonds. The van der Waals surface area contributed by atoms with Crippen molar-refractivity contribution in [3.05, 3.63) is 54.6 Å². The van der Waals surface area contributed by atoms with E-state index in [2.05, 4.69) is 5.32 Å². The van der Waals surface area contributed by atoms with Gasteiger partial charge in [0.1, 0.15) is 0 Å². The van der Waals surface area contributed by atoms with Gasteiger partial charge in [0.15, 0.2) is 0 Å². The number of hydrogen-bond donors (Lipinski definition) is 3. The number of nitrogens with one attached hydrogen (secondary N) is 2. The molecule has 3 rings (SSSR count). The number of benzene rings is 2. The third kappa shape index (κ3) is 6.12. The molecule has 32 heavy (non-hydrogen) atoms. The fraction of sp³-hybridized carbons (Fsp3) is 0.261. The van der Waals surface area contributed by atoms with Crippen LogP contribution in [0.25, 0.3) is 22.3 Å². The summed E-state index contributed by atoms with van der Waals surface area (Å²) in [6.45, 7) is 5.10. The van der Waals surface area contributed by atoms with E-state index in [1.165, 1.54) is 0 Å². The van der Waals surface area contributed by atoms with Gasteiger partial charge in [-0.25, -0.2) is 0 Å². The molecule has 0 fully saturated rings. The van der Waals surface area contributed by atoms with Crippen LogP contribution in [0, 0.1) is 0 Å². The van der Waals surface area contributed by atoms with Crippen molar-refractivity contribution in [1.29, 1.82) is 0 Å². The number of ether oxygens (including phenoxy) is 1. The van der Waals surface area contributed by atoms with Crippen LogP contribution in [0.15, 0.2) is 59.0 Å². The molecule has 0 saturated heterocycles. The van der Waals surface area contributed by atoms with Gasteiger partial charge in [0, 0.05) is 0 Å². The summed E-state index contributed by atoms with van der Waals surface area (Å²) >= 11 is -0.340. The van der Waals surface area contributed by atoms with Crippen LogP contribution in [0.5, 0.6) is 0 Å². The fourth-order valence-corrected chi connectivity index (χ4v) is 5.42. The van der Waals surface area contributed by atoms with E-state index in [1.54, 1.807) is 20.8 Å². The van der Waals surface area contributed by atoms with Crippen LogP contribution < -0.4 is 15.1 Å². The third-order valence-electron chi connectivity index (χ3n) is 4.22. The molecule has 0 aliphatic rings. The first-order chi connectivity index (χ1) is 15.1. The van der Waals surface area contributed by atoms with Gasteiger partial charge in [-0.2, -0.15) is 0 Å². The Kier molecular flexibility index (Phi) is 7.22. The minimum atomic E-state index is -1.49. The molecule has 3 aromatic rings. The Morgan fingerprint density at radius 3 is 2.38 bits per heavy atom. The number of para-hydroxylation sites is 1. The van der Waals surface area contributed by atoms with E-state index in [0.29, 0.717) is 5.76 Å². The number of fused-ring (bicyclic) bond motifs is 1. The third-order valence-corrected chi connectivity index (χ3v) is 6.72. The Labute approximate surface area is 191 Å². The van der Waals surface area contributed by atoms with Gasteiger partial charge in [0.05, 0.1) is 0 Å². The van der Waals surface area contributed by atoms with Crippen molar-refractivity contribution in [3.63, 3.8) is 0 Å². The number of hydrogen-bond acceptors (Lipinski definition) is 5. The second kappa shape index (κ2) is 9.89. The van der Waals surface area contributed by atoms with Gasteiger partial charge in [-0.15, -0.1) is 0 Å². The summed E-state index contributed by atoms with van der Waals surface area (Å²) in [6.07, 6.45) is -2.28. The van der Waals surface area contributed by atoms with Crippen LogP contribution >= 0.6 is 0 Å². The summed E-state index contributed by atoms with van der Waals surface area (Å²) in [6, 6.07) is 16.1. The first-order valence-corrected chi connectivity index (χ1v) is 11.9. The molecule has 0 bridgehead atoms. The Morgan fingerprint density at radius 2 is 1.72 bits per heavy atom. The molecule has 0 unspecified atom stereocenters. The number of amides is 3. The first kappa shape index (κ1) is 23.4. The van der Waals surface area contributed by atoms with Crippen LogP contribution in [0.1, 0.15) is 20.8 Å². The zero-order valence-electron chi connectivity index (χ0n) is 17.9. The molecule has 1 aromatic heterocycles. The van der Waals surface area contributed by atoms with Gasteiger partial charge in [0.25, 0.3) is 0 Å². The molecule has 0 radical (unpaired) electrons. The van der Waals surface area contributed by atoms with Crippen molar-refractivity contribution in [2.45, 2.75) is 37.7 Å². The van der Waals surface area contributed by atoms with Gasteiger partial charge >= 0.3 is 191 Å².